The molecule has 6 nitrogen and oxygen atoms in total. The van der Waals surface area contributed by atoms with Crippen LogP contribution in [0.3, 0.4) is 0 Å². The van der Waals surface area contributed by atoms with Gasteiger partial charge < -0.3 is 24.6 Å². The average molecular weight is 399 g/mol. The summed E-state index contributed by atoms with van der Waals surface area (Å²) >= 11 is 0. The van der Waals surface area contributed by atoms with Crippen LogP contribution in [0.25, 0.3) is 0 Å². The number of urea groups is 1. The molecular weight excluding hydrogens is 375 g/mol. The third-order valence-electron chi connectivity index (χ3n) is 5.62. The zero-order valence-electron chi connectivity index (χ0n) is 15.6. The number of amides is 2. The molecule has 3 fully saturated rings. The minimum atomic E-state index is -4.47. The molecule has 3 saturated heterocycles. The van der Waals surface area contributed by atoms with Crippen LogP contribution in [0.4, 0.5) is 29.3 Å². The van der Waals surface area contributed by atoms with Gasteiger partial charge in [0.25, 0.3) is 0 Å². The lowest BCUT2D eigenvalue weighted by atomic mass is 10.0. The Morgan fingerprint density at radius 2 is 1.93 bits per heavy atom. The van der Waals surface area contributed by atoms with Crippen molar-refractivity contribution in [2.45, 2.75) is 31.0 Å². The first-order valence-electron chi connectivity index (χ1n) is 9.60. The van der Waals surface area contributed by atoms with Crippen LogP contribution in [-0.2, 0) is 15.7 Å². The minimum absolute atomic E-state index is 0.199. The summed E-state index contributed by atoms with van der Waals surface area (Å²) in [5, 5.41) is 2.72. The number of rotatable bonds is 2. The molecule has 0 radical (unpaired) electrons. The number of carbonyl (C=O) groups is 1. The number of ether oxygens (including phenoxy) is 2. The second kappa shape index (κ2) is 7.44. The van der Waals surface area contributed by atoms with Crippen molar-refractivity contribution in [1.82, 2.24) is 4.90 Å². The van der Waals surface area contributed by atoms with E-state index < -0.39 is 23.4 Å². The molecule has 0 bridgehead atoms. The summed E-state index contributed by atoms with van der Waals surface area (Å²) in [6, 6.07) is 3.15. The molecule has 28 heavy (non-hydrogen) atoms. The fourth-order valence-corrected chi connectivity index (χ4v) is 4.09. The van der Waals surface area contributed by atoms with E-state index in [9.17, 15) is 18.0 Å². The number of alkyl halides is 3. The second-order valence-corrected chi connectivity index (χ2v) is 7.61. The van der Waals surface area contributed by atoms with Gasteiger partial charge in [0.1, 0.15) is 5.60 Å². The monoisotopic (exact) mass is 399 g/mol. The maximum absolute atomic E-state index is 13.2. The van der Waals surface area contributed by atoms with E-state index in [4.69, 9.17) is 9.47 Å². The van der Waals surface area contributed by atoms with E-state index in [0.717, 1.165) is 38.1 Å². The lowest BCUT2D eigenvalue weighted by molar-refractivity contribution is -0.137. The number of halogens is 3. The van der Waals surface area contributed by atoms with Crippen molar-refractivity contribution < 1.29 is 27.4 Å². The summed E-state index contributed by atoms with van der Waals surface area (Å²) in [5.41, 5.74) is -0.439. The number of morpholine rings is 1. The van der Waals surface area contributed by atoms with Crippen LogP contribution in [0.1, 0.15) is 24.8 Å². The summed E-state index contributed by atoms with van der Waals surface area (Å²) in [5.74, 6) is 0. The molecule has 1 N–H and O–H groups in total. The molecule has 3 aliphatic rings. The second-order valence-electron chi connectivity index (χ2n) is 7.61. The predicted molar refractivity (Wildman–Crippen MR) is 97.6 cm³/mol. The number of carbonyl (C=O) groups excluding carboxylic acids is 1. The van der Waals surface area contributed by atoms with Crippen molar-refractivity contribution in [2.75, 3.05) is 56.2 Å². The zero-order chi connectivity index (χ0) is 19.8. The van der Waals surface area contributed by atoms with Crippen LogP contribution in [0, 0.1) is 0 Å². The average Bonchev–Trinajstić information content (AvgIpc) is 3.33. The van der Waals surface area contributed by atoms with Gasteiger partial charge in [-0.3, -0.25) is 0 Å². The van der Waals surface area contributed by atoms with Crippen LogP contribution >= 0.6 is 0 Å². The van der Waals surface area contributed by atoms with Gasteiger partial charge in [-0.05, 0) is 31.0 Å². The molecule has 154 valence electrons. The molecular formula is C19H24F3N3O3. The Bertz CT molecular complexity index is 729. The molecule has 1 aromatic carbocycles. The third-order valence-corrected chi connectivity index (χ3v) is 5.62. The van der Waals surface area contributed by atoms with Gasteiger partial charge in [-0.2, -0.15) is 13.2 Å². The molecule has 4 rings (SSSR count). The highest BCUT2D eigenvalue weighted by atomic mass is 19.4. The number of hydrogen-bond acceptors (Lipinski definition) is 4. The zero-order valence-corrected chi connectivity index (χ0v) is 15.6. The molecule has 0 saturated carbocycles. The predicted octanol–water partition coefficient (Wildman–Crippen LogP) is 3.33. The first kappa shape index (κ1) is 19.3. The van der Waals surface area contributed by atoms with Gasteiger partial charge in [0, 0.05) is 32.7 Å². The highest BCUT2D eigenvalue weighted by Crippen LogP contribution is 2.37. The summed E-state index contributed by atoms with van der Waals surface area (Å²) in [4.78, 5) is 16.5. The Balaban J connectivity index is 1.55. The number of hydrogen-bond donors (Lipinski definition) is 1. The van der Waals surface area contributed by atoms with Crippen LogP contribution in [0.15, 0.2) is 18.2 Å². The maximum Gasteiger partial charge on any atom is 0.416 e. The summed E-state index contributed by atoms with van der Waals surface area (Å²) in [6.07, 6.45) is -1.78. The van der Waals surface area contributed by atoms with E-state index in [1.165, 1.54) is 6.07 Å². The Hall–Kier alpha value is -2.00. The Labute approximate surface area is 161 Å². The van der Waals surface area contributed by atoms with Gasteiger partial charge in [-0.1, -0.05) is 0 Å². The van der Waals surface area contributed by atoms with Crippen LogP contribution in [-0.4, -0.2) is 62.5 Å². The number of benzene rings is 1. The maximum atomic E-state index is 13.2. The number of anilines is 2. The molecule has 2 amide bonds. The fourth-order valence-electron chi connectivity index (χ4n) is 4.09. The fraction of sp³-hybridized carbons (Fsp3) is 0.632. The van der Waals surface area contributed by atoms with Gasteiger partial charge in [0.2, 0.25) is 0 Å². The van der Waals surface area contributed by atoms with E-state index in [1.54, 1.807) is 4.90 Å². The number of nitrogens with zero attached hydrogens (tertiary/aromatic N) is 2. The van der Waals surface area contributed by atoms with Crippen molar-refractivity contribution in [3.8, 4) is 0 Å². The van der Waals surface area contributed by atoms with Gasteiger partial charge in [-0.25, -0.2) is 4.79 Å². The minimum Gasteiger partial charge on any atom is -0.378 e. The van der Waals surface area contributed by atoms with Crippen molar-refractivity contribution in [3.05, 3.63) is 23.8 Å². The van der Waals surface area contributed by atoms with E-state index >= 15 is 0 Å². The first-order valence-corrected chi connectivity index (χ1v) is 9.60. The van der Waals surface area contributed by atoms with E-state index in [-0.39, 0.29) is 5.69 Å². The van der Waals surface area contributed by atoms with Gasteiger partial charge in [-0.15, -0.1) is 0 Å². The third kappa shape index (κ3) is 3.91. The van der Waals surface area contributed by atoms with Crippen LogP contribution in [0.5, 0.6) is 0 Å². The van der Waals surface area contributed by atoms with Crippen molar-refractivity contribution >= 4 is 17.4 Å². The molecule has 1 aromatic rings. The van der Waals surface area contributed by atoms with Gasteiger partial charge in [0.05, 0.1) is 36.7 Å². The standard InChI is InChI=1S/C19H24F3N3O3/c20-19(21,22)14-3-4-16(24-6-1-2-7-24)15(11-14)23-17(26)25-8-10-28-18(12-25)5-9-27-13-18/h3-4,11H,1-2,5-10,12-13H2,(H,23,26)/t18-/m0/s1. The SMILES string of the molecule is O=C(Nc1cc(C(F)(F)F)ccc1N1CCCC1)N1CCO[C@@]2(CCOC2)C1. The Morgan fingerprint density at radius 1 is 1.14 bits per heavy atom. The highest BCUT2D eigenvalue weighted by molar-refractivity contribution is 5.93. The van der Waals surface area contributed by atoms with E-state index in [1.807, 2.05) is 4.90 Å². The highest BCUT2D eigenvalue weighted by Gasteiger charge is 2.42. The summed E-state index contributed by atoms with van der Waals surface area (Å²) in [6.45, 7) is 3.71. The molecule has 1 spiro atoms. The summed E-state index contributed by atoms with van der Waals surface area (Å²) < 4.78 is 50.8. The molecule has 0 aromatic heterocycles. The molecule has 0 aliphatic carbocycles. The van der Waals surface area contributed by atoms with Crippen LogP contribution < -0.4 is 10.2 Å². The normalized spacial score (nSPS) is 25.5. The van der Waals surface area contributed by atoms with E-state index in [0.29, 0.717) is 45.0 Å². The smallest absolute Gasteiger partial charge is 0.378 e. The van der Waals surface area contributed by atoms with Crippen molar-refractivity contribution in [1.29, 1.82) is 0 Å². The van der Waals surface area contributed by atoms with Gasteiger partial charge in [0.15, 0.2) is 0 Å². The topological polar surface area (TPSA) is 54.0 Å². The summed E-state index contributed by atoms with van der Waals surface area (Å²) in [7, 11) is 0. The lowest BCUT2D eigenvalue weighted by Gasteiger charge is -2.39. The van der Waals surface area contributed by atoms with Crippen molar-refractivity contribution in [2.24, 2.45) is 0 Å². The molecule has 9 heteroatoms. The lowest BCUT2D eigenvalue weighted by Crippen LogP contribution is -2.55. The molecule has 3 heterocycles. The van der Waals surface area contributed by atoms with Crippen molar-refractivity contribution in [3.63, 3.8) is 0 Å². The quantitative estimate of drug-likeness (QED) is 0.829. The Kier molecular flexibility index (Phi) is 5.13. The van der Waals surface area contributed by atoms with Crippen LogP contribution in [0.2, 0.25) is 0 Å². The Morgan fingerprint density at radius 3 is 2.61 bits per heavy atom. The van der Waals surface area contributed by atoms with E-state index in [2.05, 4.69) is 5.32 Å². The molecule has 1 atom stereocenters. The van der Waals surface area contributed by atoms with Gasteiger partial charge >= 0.3 is 12.2 Å². The first-order chi connectivity index (χ1) is 13.4. The largest absolute Gasteiger partial charge is 0.416 e. The molecule has 0 unspecified atom stereocenters. The number of nitrogens with one attached hydrogen (secondary N) is 1. The molecule has 3 aliphatic heterocycles.